The minimum Gasteiger partial charge on any atom is -0.457 e. The summed E-state index contributed by atoms with van der Waals surface area (Å²) in [5.74, 6) is -0.144. The maximum absolute atomic E-state index is 13.1. The van der Waals surface area contributed by atoms with Crippen LogP contribution in [0, 0.1) is 0 Å². The molecule has 35 heavy (non-hydrogen) atoms. The molecule has 0 aliphatic heterocycles. The number of ether oxygens (including phenoxy) is 1. The number of rotatable bonds is 9. The maximum atomic E-state index is 13.1. The first-order chi connectivity index (χ1) is 16.5. The van der Waals surface area contributed by atoms with Gasteiger partial charge in [0.05, 0.1) is 4.90 Å². The molecule has 1 atom stereocenters. The zero-order valence-corrected chi connectivity index (χ0v) is 20.5. The van der Waals surface area contributed by atoms with E-state index in [-0.39, 0.29) is 22.9 Å². The Bertz CT molecular complexity index is 1420. The molecule has 0 saturated heterocycles. The lowest BCUT2D eigenvalue weighted by Crippen LogP contribution is -2.47. The molecule has 3 rings (SSSR count). The molecule has 0 aliphatic rings. The van der Waals surface area contributed by atoms with Crippen molar-refractivity contribution >= 4 is 39.1 Å². The molecule has 0 fully saturated rings. The van der Waals surface area contributed by atoms with E-state index in [1.807, 2.05) is 4.98 Å². The molecule has 0 spiro atoms. The number of aromatic amines is 1. The Kier molecular flexibility index (Phi) is 8.35. The summed E-state index contributed by atoms with van der Waals surface area (Å²) in [6.45, 7) is -0.179. The van der Waals surface area contributed by atoms with Crippen molar-refractivity contribution in [3.05, 3.63) is 85.6 Å². The van der Waals surface area contributed by atoms with Crippen LogP contribution in [0.15, 0.2) is 69.2 Å². The Morgan fingerprint density at radius 1 is 1.11 bits per heavy atom. The predicted molar refractivity (Wildman–Crippen MR) is 128 cm³/mol. The van der Waals surface area contributed by atoms with E-state index in [0.29, 0.717) is 16.5 Å². The minimum atomic E-state index is -4.20. The van der Waals surface area contributed by atoms with E-state index in [4.69, 9.17) is 33.1 Å². The lowest BCUT2D eigenvalue weighted by Gasteiger charge is -2.26. The SMILES string of the molecule is CN(C(CCn1cc(Cl)c(=O)[nH]c1=O)C(=O)NO)S(=O)(=O)c1ccc(Oc2ccc(Cl)cc2)cc1. The van der Waals surface area contributed by atoms with Crippen molar-refractivity contribution in [1.82, 2.24) is 19.3 Å². The number of likely N-dealkylation sites (N-methyl/N-ethyl adjacent to an activating group) is 1. The number of halogens is 2. The summed E-state index contributed by atoms with van der Waals surface area (Å²) in [7, 11) is -3.04. The number of nitrogens with one attached hydrogen (secondary N) is 2. The zero-order chi connectivity index (χ0) is 25.8. The molecule has 0 radical (unpaired) electrons. The molecule has 3 N–H and O–H groups in total. The van der Waals surface area contributed by atoms with Crippen LogP contribution in [0.4, 0.5) is 0 Å². The van der Waals surface area contributed by atoms with Crippen LogP contribution in [0.1, 0.15) is 6.42 Å². The summed E-state index contributed by atoms with van der Waals surface area (Å²) >= 11 is 11.6. The van der Waals surface area contributed by atoms with E-state index in [1.165, 1.54) is 29.7 Å². The molecule has 11 nitrogen and oxygen atoms in total. The van der Waals surface area contributed by atoms with Crippen molar-refractivity contribution in [2.75, 3.05) is 7.05 Å². The van der Waals surface area contributed by atoms with E-state index >= 15 is 0 Å². The minimum absolute atomic E-state index is 0.136. The second kappa shape index (κ2) is 11.1. The third kappa shape index (κ3) is 6.29. The number of nitrogens with zero attached hydrogens (tertiary/aromatic N) is 2. The van der Waals surface area contributed by atoms with Crippen LogP contribution in [-0.4, -0.2) is 46.5 Å². The smallest absolute Gasteiger partial charge is 0.328 e. The van der Waals surface area contributed by atoms with Crippen molar-refractivity contribution in [2.45, 2.75) is 23.9 Å². The molecule has 2 aromatic carbocycles. The maximum Gasteiger partial charge on any atom is 0.328 e. The van der Waals surface area contributed by atoms with E-state index in [0.717, 1.165) is 22.1 Å². The summed E-state index contributed by atoms with van der Waals surface area (Å²) in [4.78, 5) is 37.5. The van der Waals surface area contributed by atoms with Crippen LogP contribution < -0.4 is 21.5 Å². The second-order valence-corrected chi connectivity index (χ2v) is 10.1. The van der Waals surface area contributed by atoms with Crippen LogP contribution >= 0.6 is 23.2 Å². The largest absolute Gasteiger partial charge is 0.457 e. The van der Waals surface area contributed by atoms with Gasteiger partial charge in [0.15, 0.2) is 0 Å². The van der Waals surface area contributed by atoms with Crippen LogP contribution in [0.25, 0.3) is 0 Å². The third-order valence-corrected chi connectivity index (χ3v) is 7.41. The Morgan fingerprint density at radius 2 is 1.69 bits per heavy atom. The summed E-state index contributed by atoms with van der Waals surface area (Å²) in [5, 5.41) is 9.42. The quantitative estimate of drug-likeness (QED) is 0.277. The fourth-order valence-corrected chi connectivity index (χ4v) is 4.75. The van der Waals surface area contributed by atoms with E-state index in [1.54, 1.807) is 24.3 Å². The molecule has 186 valence electrons. The molecule has 1 amide bonds. The second-order valence-electron chi connectivity index (χ2n) is 7.26. The Hall–Kier alpha value is -3.16. The molecule has 1 heterocycles. The van der Waals surface area contributed by atoms with Crippen LogP contribution in [-0.2, 0) is 21.4 Å². The van der Waals surface area contributed by atoms with E-state index in [2.05, 4.69) is 0 Å². The van der Waals surface area contributed by atoms with Gasteiger partial charge in [-0.15, -0.1) is 0 Å². The van der Waals surface area contributed by atoms with Crippen molar-refractivity contribution in [2.24, 2.45) is 0 Å². The van der Waals surface area contributed by atoms with Gasteiger partial charge in [-0.25, -0.2) is 18.7 Å². The number of hydroxylamine groups is 1. The first kappa shape index (κ1) is 26.4. The average molecular weight is 543 g/mol. The Morgan fingerprint density at radius 3 is 2.26 bits per heavy atom. The lowest BCUT2D eigenvalue weighted by molar-refractivity contribution is -0.133. The van der Waals surface area contributed by atoms with Crippen molar-refractivity contribution in [1.29, 1.82) is 0 Å². The van der Waals surface area contributed by atoms with E-state index < -0.39 is 33.2 Å². The van der Waals surface area contributed by atoms with Gasteiger partial charge in [-0.1, -0.05) is 23.2 Å². The highest BCUT2D eigenvalue weighted by atomic mass is 35.5. The molecule has 0 bridgehead atoms. The first-order valence-corrected chi connectivity index (χ1v) is 12.2. The van der Waals surface area contributed by atoms with Gasteiger partial charge in [0.2, 0.25) is 10.0 Å². The standard InChI is InChI=1S/C21H20Cl2N4O7S/c1-26(18(20(29)25-31)10-11-27-12-17(23)19(28)24-21(27)30)35(32,33)16-8-6-15(7-9-16)34-14-4-2-13(22)3-5-14/h2-9,12,18,31H,10-11H2,1H3,(H,25,29)(H,24,28,30). The summed E-state index contributed by atoms with van der Waals surface area (Å²) in [5.41, 5.74) is -0.129. The van der Waals surface area contributed by atoms with Gasteiger partial charge in [0, 0.05) is 24.8 Å². The highest BCUT2D eigenvalue weighted by Crippen LogP contribution is 2.26. The zero-order valence-electron chi connectivity index (χ0n) is 18.1. The number of aryl methyl sites for hydroxylation is 1. The van der Waals surface area contributed by atoms with Crippen LogP contribution in [0.5, 0.6) is 11.5 Å². The molecule has 14 heteroatoms. The van der Waals surface area contributed by atoms with Crippen molar-refractivity contribution in [3.8, 4) is 11.5 Å². The number of benzene rings is 2. The topological polar surface area (TPSA) is 151 Å². The molecular weight excluding hydrogens is 523 g/mol. The van der Waals surface area contributed by atoms with Gasteiger partial charge in [-0.05, 0) is 55.0 Å². The fourth-order valence-electron chi connectivity index (χ4n) is 3.11. The molecule has 1 unspecified atom stereocenters. The third-order valence-electron chi connectivity index (χ3n) is 5.01. The average Bonchev–Trinajstić information content (AvgIpc) is 2.83. The van der Waals surface area contributed by atoms with Gasteiger partial charge >= 0.3 is 5.69 Å². The normalized spacial score (nSPS) is 12.4. The van der Waals surface area contributed by atoms with E-state index in [9.17, 15) is 22.8 Å². The Balaban J connectivity index is 1.80. The number of hydrogen-bond acceptors (Lipinski definition) is 7. The van der Waals surface area contributed by atoms with Gasteiger partial charge < -0.3 is 4.74 Å². The van der Waals surface area contributed by atoms with Gasteiger partial charge in [0.1, 0.15) is 22.6 Å². The number of hydrogen-bond donors (Lipinski definition) is 3. The molecule has 3 aromatic rings. The Labute approximate surface area is 209 Å². The fraction of sp³-hybridized carbons (Fsp3) is 0.190. The molecule has 0 aliphatic carbocycles. The lowest BCUT2D eigenvalue weighted by atomic mass is 10.2. The summed E-state index contributed by atoms with van der Waals surface area (Å²) in [6, 6.07) is 10.7. The number of aromatic nitrogens is 2. The summed E-state index contributed by atoms with van der Waals surface area (Å²) in [6.07, 6.45) is 0.854. The highest BCUT2D eigenvalue weighted by Gasteiger charge is 2.33. The number of carbonyl (C=O) groups excluding carboxylic acids is 1. The van der Waals surface area contributed by atoms with Crippen LogP contribution in [0.3, 0.4) is 0 Å². The predicted octanol–water partition coefficient (Wildman–Crippen LogP) is 2.22. The number of carbonyl (C=O) groups is 1. The van der Waals surface area contributed by atoms with Crippen molar-refractivity contribution in [3.63, 3.8) is 0 Å². The molecular formula is C21H20Cl2N4O7S. The first-order valence-electron chi connectivity index (χ1n) is 9.97. The van der Waals surface area contributed by atoms with Gasteiger partial charge in [0.25, 0.3) is 11.5 Å². The van der Waals surface area contributed by atoms with Gasteiger partial charge in [-0.2, -0.15) is 4.31 Å². The van der Waals surface area contributed by atoms with Crippen LogP contribution in [0.2, 0.25) is 10.0 Å². The summed E-state index contributed by atoms with van der Waals surface area (Å²) < 4.78 is 33.7. The number of amides is 1. The molecule has 1 aromatic heterocycles. The van der Waals surface area contributed by atoms with Crippen molar-refractivity contribution < 1.29 is 23.2 Å². The number of H-pyrrole nitrogens is 1. The number of sulfonamides is 1. The molecule has 0 saturated carbocycles. The highest BCUT2D eigenvalue weighted by molar-refractivity contribution is 7.89. The monoisotopic (exact) mass is 542 g/mol. The van der Waals surface area contributed by atoms with Gasteiger partial charge in [-0.3, -0.25) is 24.3 Å².